The van der Waals surface area contributed by atoms with Crippen LogP contribution in [-0.4, -0.2) is 45.9 Å². The molecule has 0 atom stereocenters. The van der Waals surface area contributed by atoms with Crippen molar-refractivity contribution < 1.29 is 9.59 Å². The lowest BCUT2D eigenvalue weighted by Gasteiger charge is -2.25. The van der Waals surface area contributed by atoms with Crippen molar-refractivity contribution in [1.29, 1.82) is 0 Å². The van der Waals surface area contributed by atoms with Gasteiger partial charge in [0, 0.05) is 18.5 Å². The maximum absolute atomic E-state index is 11.7. The largest absolute Gasteiger partial charge is 0.353 e. The third-order valence-electron chi connectivity index (χ3n) is 1.90. The summed E-state index contributed by atoms with van der Waals surface area (Å²) in [7, 11) is 0. The number of amides is 2. The average molecular weight is 212 g/mol. The van der Waals surface area contributed by atoms with Gasteiger partial charge in [-0.3, -0.25) is 9.59 Å². The van der Waals surface area contributed by atoms with Crippen LogP contribution in [0.15, 0.2) is 5.38 Å². The Labute approximate surface area is 84.1 Å². The molecular weight excluding hydrogens is 204 g/mol. The van der Waals surface area contributed by atoms with Crippen LogP contribution in [0.4, 0.5) is 0 Å². The Morgan fingerprint density at radius 3 is 3.14 bits per heavy atom. The first-order valence-electron chi connectivity index (χ1n) is 4.10. The fourth-order valence-corrected chi connectivity index (χ4v) is 1.66. The molecule has 0 spiro atoms. The summed E-state index contributed by atoms with van der Waals surface area (Å²) in [5, 5.41) is 7.89. The van der Waals surface area contributed by atoms with Crippen molar-refractivity contribution in [2.24, 2.45) is 0 Å². The molecule has 74 valence electrons. The number of carbonyl (C=O) groups excluding carboxylic acids is 2. The van der Waals surface area contributed by atoms with Gasteiger partial charge in [-0.1, -0.05) is 4.49 Å². The Bertz CT molecular complexity index is 351. The van der Waals surface area contributed by atoms with E-state index in [4.69, 9.17) is 0 Å². The van der Waals surface area contributed by atoms with Crippen LogP contribution in [0.2, 0.25) is 0 Å². The zero-order valence-electron chi connectivity index (χ0n) is 7.27. The Morgan fingerprint density at radius 2 is 2.50 bits per heavy atom. The summed E-state index contributed by atoms with van der Waals surface area (Å²) in [5.74, 6) is -0.360. The molecule has 1 aromatic heterocycles. The van der Waals surface area contributed by atoms with Crippen molar-refractivity contribution in [3.8, 4) is 0 Å². The predicted octanol–water partition coefficient (Wildman–Crippen LogP) is -0.890. The summed E-state index contributed by atoms with van der Waals surface area (Å²) in [6.45, 7) is 1.14. The summed E-state index contributed by atoms with van der Waals surface area (Å²) in [6.07, 6.45) is 0. The van der Waals surface area contributed by atoms with Crippen LogP contribution in [0.1, 0.15) is 10.5 Å². The molecule has 2 heterocycles. The van der Waals surface area contributed by atoms with E-state index in [2.05, 4.69) is 14.9 Å². The number of carbonyl (C=O) groups is 2. The minimum absolute atomic E-state index is 0.107. The zero-order chi connectivity index (χ0) is 9.97. The highest BCUT2D eigenvalue weighted by Crippen LogP contribution is 2.04. The molecule has 14 heavy (non-hydrogen) atoms. The number of nitrogens with one attached hydrogen (secondary N) is 1. The average Bonchev–Trinajstić information content (AvgIpc) is 2.69. The summed E-state index contributed by atoms with van der Waals surface area (Å²) >= 11 is 1.12. The van der Waals surface area contributed by atoms with Gasteiger partial charge in [0.25, 0.3) is 5.91 Å². The smallest absolute Gasteiger partial charge is 0.275 e. The van der Waals surface area contributed by atoms with Gasteiger partial charge in [-0.15, -0.1) is 5.10 Å². The van der Waals surface area contributed by atoms with Gasteiger partial charge < -0.3 is 10.2 Å². The molecule has 7 heteroatoms. The van der Waals surface area contributed by atoms with Gasteiger partial charge in [-0.05, 0) is 11.5 Å². The molecule has 0 saturated carbocycles. The number of aromatic nitrogens is 2. The second-order valence-electron chi connectivity index (χ2n) is 2.87. The lowest BCUT2D eigenvalue weighted by Crippen LogP contribution is -2.50. The van der Waals surface area contributed by atoms with Gasteiger partial charge in [0.05, 0.1) is 6.54 Å². The molecule has 1 aliphatic heterocycles. The molecule has 0 bridgehead atoms. The molecule has 0 aliphatic carbocycles. The number of rotatable bonds is 1. The van der Waals surface area contributed by atoms with Crippen LogP contribution in [0.25, 0.3) is 0 Å². The van der Waals surface area contributed by atoms with E-state index in [0.717, 1.165) is 11.5 Å². The van der Waals surface area contributed by atoms with Gasteiger partial charge >= 0.3 is 0 Å². The molecule has 6 nitrogen and oxygen atoms in total. The highest BCUT2D eigenvalue weighted by atomic mass is 32.1. The molecule has 2 rings (SSSR count). The SMILES string of the molecule is O=C1CN(C(=O)c2csnn2)CCN1. The third kappa shape index (κ3) is 1.72. The normalized spacial score (nSPS) is 16.6. The van der Waals surface area contributed by atoms with E-state index in [9.17, 15) is 9.59 Å². The molecule has 2 amide bonds. The first-order valence-corrected chi connectivity index (χ1v) is 4.94. The standard InChI is InChI=1S/C7H8N4O2S/c12-6-3-11(2-1-8-6)7(13)5-4-14-10-9-5/h4H,1-3H2,(H,8,12). The molecule has 0 radical (unpaired) electrons. The van der Waals surface area contributed by atoms with Crippen molar-refractivity contribution in [2.75, 3.05) is 19.6 Å². The van der Waals surface area contributed by atoms with Crippen LogP contribution in [0.3, 0.4) is 0 Å². The van der Waals surface area contributed by atoms with Crippen molar-refractivity contribution in [1.82, 2.24) is 19.8 Å². The predicted molar refractivity (Wildman–Crippen MR) is 48.8 cm³/mol. The Morgan fingerprint density at radius 1 is 1.64 bits per heavy atom. The number of hydrogen-bond donors (Lipinski definition) is 1. The van der Waals surface area contributed by atoms with Gasteiger partial charge in [-0.2, -0.15) is 0 Å². The minimum Gasteiger partial charge on any atom is -0.353 e. The van der Waals surface area contributed by atoms with E-state index in [1.54, 1.807) is 5.38 Å². The van der Waals surface area contributed by atoms with Crippen molar-refractivity contribution in [2.45, 2.75) is 0 Å². The lowest BCUT2D eigenvalue weighted by atomic mass is 10.3. The molecule has 1 fully saturated rings. The molecule has 0 aromatic carbocycles. The first-order chi connectivity index (χ1) is 6.77. The van der Waals surface area contributed by atoms with Crippen molar-refractivity contribution in [3.63, 3.8) is 0 Å². The van der Waals surface area contributed by atoms with Gasteiger partial charge in [0.1, 0.15) is 0 Å². The fraction of sp³-hybridized carbons (Fsp3) is 0.429. The monoisotopic (exact) mass is 212 g/mol. The summed E-state index contributed by atoms with van der Waals surface area (Å²) in [6, 6.07) is 0. The summed E-state index contributed by atoms with van der Waals surface area (Å²) in [5.41, 5.74) is 0.310. The van der Waals surface area contributed by atoms with E-state index in [-0.39, 0.29) is 18.4 Å². The quantitative estimate of drug-likeness (QED) is 0.655. The number of nitrogens with zero attached hydrogens (tertiary/aromatic N) is 3. The minimum atomic E-state index is -0.228. The molecular formula is C7H8N4O2S. The molecule has 1 aliphatic rings. The molecule has 1 aromatic rings. The van der Waals surface area contributed by atoms with Gasteiger partial charge in [0.15, 0.2) is 5.69 Å². The second-order valence-corrected chi connectivity index (χ2v) is 3.48. The van der Waals surface area contributed by atoms with Crippen molar-refractivity contribution in [3.05, 3.63) is 11.1 Å². The third-order valence-corrected chi connectivity index (χ3v) is 2.41. The van der Waals surface area contributed by atoms with Crippen LogP contribution >= 0.6 is 11.5 Å². The van der Waals surface area contributed by atoms with Crippen LogP contribution in [0.5, 0.6) is 0 Å². The Hall–Kier alpha value is -1.50. The highest BCUT2D eigenvalue weighted by molar-refractivity contribution is 7.03. The van der Waals surface area contributed by atoms with Gasteiger partial charge in [-0.25, -0.2) is 0 Å². The molecule has 1 saturated heterocycles. The second kappa shape index (κ2) is 3.70. The zero-order valence-corrected chi connectivity index (χ0v) is 8.08. The Kier molecular flexibility index (Phi) is 2.40. The van der Waals surface area contributed by atoms with E-state index >= 15 is 0 Å². The number of hydrogen-bond acceptors (Lipinski definition) is 5. The van der Waals surface area contributed by atoms with Crippen molar-refractivity contribution >= 4 is 23.3 Å². The highest BCUT2D eigenvalue weighted by Gasteiger charge is 2.23. The molecule has 1 N–H and O–H groups in total. The molecule has 0 unspecified atom stereocenters. The van der Waals surface area contributed by atoms with E-state index < -0.39 is 0 Å². The van der Waals surface area contributed by atoms with E-state index in [1.807, 2.05) is 0 Å². The van der Waals surface area contributed by atoms with Crippen LogP contribution in [-0.2, 0) is 4.79 Å². The fourth-order valence-electron chi connectivity index (χ4n) is 1.23. The topological polar surface area (TPSA) is 75.2 Å². The van der Waals surface area contributed by atoms with E-state index in [1.165, 1.54) is 4.90 Å². The first kappa shape index (κ1) is 9.07. The van der Waals surface area contributed by atoms with Gasteiger partial charge in [0.2, 0.25) is 5.91 Å². The maximum atomic E-state index is 11.7. The summed E-state index contributed by atoms with van der Waals surface area (Å²) in [4.78, 5) is 24.1. The Balaban J connectivity index is 2.08. The van der Waals surface area contributed by atoms with E-state index in [0.29, 0.717) is 18.8 Å². The van der Waals surface area contributed by atoms with Crippen LogP contribution < -0.4 is 5.32 Å². The van der Waals surface area contributed by atoms with Crippen LogP contribution in [0, 0.1) is 0 Å². The maximum Gasteiger partial charge on any atom is 0.275 e. The number of piperazine rings is 1. The summed E-state index contributed by atoms with van der Waals surface area (Å²) < 4.78 is 3.60. The lowest BCUT2D eigenvalue weighted by molar-refractivity contribution is -0.123.